The van der Waals surface area contributed by atoms with Crippen LogP contribution in [0.15, 0.2) is 48.5 Å². The Bertz CT molecular complexity index is 683. The number of amides is 1. The topological polar surface area (TPSA) is 76.4 Å². The van der Waals surface area contributed by atoms with Crippen molar-refractivity contribution >= 4 is 29.7 Å². The van der Waals surface area contributed by atoms with Crippen LogP contribution in [0.2, 0.25) is 0 Å². The lowest BCUT2D eigenvalue weighted by atomic mass is 10.1. The van der Waals surface area contributed by atoms with Gasteiger partial charge in [0.2, 0.25) is 0 Å². The van der Waals surface area contributed by atoms with Gasteiger partial charge >= 0.3 is 0 Å². The molecule has 4 N–H and O–H groups in total. The fourth-order valence-electron chi connectivity index (χ4n) is 2.79. The van der Waals surface area contributed by atoms with Crippen molar-refractivity contribution < 1.29 is 9.53 Å². The van der Waals surface area contributed by atoms with Gasteiger partial charge in [0.25, 0.3) is 5.91 Å². The van der Waals surface area contributed by atoms with Crippen molar-refractivity contribution in [3.63, 3.8) is 0 Å². The Balaban J connectivity index is 0.00000225. The van der Waals surface area contributed by atoms with Gasteiger partial charge in [-0.25, -0.2) is 0 Å². The standard InChI is InChI=1S/C19H23N3O2.ClH/c20-17-5-1-2-6-18(17)22-19(23)14-7-9-16(10-8-14)24-15-4-3-12-21-13-11-15;/h1-2,5-10,15,21H,3-4,11-13,20H2,(H,22,23);1H. The second-order valence-corrected chi connectivity index (χ2v) is 5.99. The summed E-state index contributed by atoms with van der Waals surface area (Å²) >= 11 is 0. The predicted octanol–water partition coefficient (Wildman–Crippen LogP) is 3.46. The number of para-hydroxylation sites is 2. The zero-order valence-corrected chi connectivity index (χ0v) is 14.9. The Hall–Kier alpha value is -2.24. The van der Waals surface area contributed by atoms with E-state index in [1.807, 2.05) is 24.3 Å². The summed E-state index contributed by atoms with van der Waals surface area (Å²) in [4.78, 5) is 12.3. The lowest BCUT2D eigenvalue weighted by molar-refractivity contribution is 0.102. The molecule has 1 saturated heterocycles. The normalized spacial score (nSPS) is 17.0. The fourth-order valence-corrected chi connectivity index (χ4v) is 2.79. The van der Waals surface area contributed by atoms with Crippen molar-refractivity contribution in [2.45, 2.75) is 25.4 Å². The van der Waals surface area contributed by atoms with Gasteiger partial charge in [-0.2, -0.15) is 0 Å². The first-order valence-corrected chi connectivity index (χ1v) is 8.35. The Morgan fingerprint density at radius 1 is 1.08 bits per heavy atom. The van der Waals surface area contributed by atoms with Gasteiger partial charge in [0.15, 0.2) is 0 Å². The van der Waals surface area contributed by atoms with Crippen LogP contribution in [-0.2, 0) is 0 Å². The van der Waals surface area contributed by atoms with Crippen LogP contribution >= 0.6 is 12.4 Å². The van der Waals surface area contributed by atoms with Crippen LogP contribution < -0.4 is 21.1 Å². The van der Waals surface area contributed by atoms with Gasteiger partial charge in [0, 0.05) is 5.56 Å². The number of hydrogen-bond acceptors (Lipinski definition) is 4. The Morgan fingerprint density at radius 2 is 1.84 bits per heavy atom. The maximum absolute atomic E-state index is 12.3. The van der Waals surface area contributed by atoms with E-state index in [9.17, 15) is 4.79 Å². The van der Waals surface area contributed by atoms with Gasteiger partial charge in [-0.05, 0) is 68.8 Å². The second kappa shape index (κ2) is 9.30. The zero-order valence-electron chi connectivity index (χ0n) is 14.0. The molecule has 0 bridgehead atoms. The number of rotatable bonds is 4. The lowest BCUT2D eigenvalue weighted by Gasteiger charge is -2.17. The molecule has 25 heavy (non-hydrogen) atoms. The molecule has 2 aromatic rings. The number of nitrogens with two attached hydrogens (primary N) is 1. The largest absolute Gasteiger partial charge is 0.490 e. The molecule has 1 aliphatic heterocycles. The maximum Gasteiger partial charge on any atom is 0.255 e. The molecule has 0 aliphatic carbocycles. The van der Waals surface area contributed by atoms with Crippen LogP contribution in [-0.4, -0.2) is 25.1 Å². The Labute approximate surface area is 154 Å². The minimum Gasteiger partial charge on any atom is -0.490 e. The van der Waals surface area contributed by atoms with Crippen LogP contribution in [0.1, 0.15) is 29.6 Å². The second-order valence-electron chi connectivity index (χ2n) is 5.99. The van der Waals surface area contributed by atoms with Crippen molar-refractivity contribution in [1.82, 2.24) is 5.32 Å². The molecule has 1 heterocycles. The highest BCUT2D eigenvalue weighted by Gasteiger charge is 2.14. The van der Waals surface area contributed by atoms with Gasteiger partial charge in [0.1, 0.15) is 5.75 Å². The molecular formula is C19H24ClN3O2. The number of nitrogen functional groups attached to an aromatic ring is 1. The minimum atomic E-state index is -0.182. The van der Waals surface area contributed by atoms with Crippen LogP contribution in [0.3, 0.4) is 0 Å². The predicted molar refractivity (Wildman–Crippen MR) is 104 cm³/mol. The highest BCUT2D eigenvalue weighted by atomic mass is 35.5. The molecule has 1 amide bonds. The molecule has 0 aromatic heterocycles. The molecule has 0 spiro atoms. The van der Waals surface area contributed by atoms with Crippen LogP contribution in [0.5, 0.6) is 5.75 Å². The zero-order chi connectivity index (χ0) is 16.8. The molecule has 1 unspecified atom stereocenters. The van der Waals surface area contributed by atoms with Gasteiger partial charge < -0.3 is 21.1 Å². The molecule has 6 heteroatoms. The van der Waals surface area contributed by atoms with Crippen molar-refractivity contribution in [1.29, 1.82) is 0 Å². The summed E-state index contributed by atoms with van der Waals surface area (Å²) in [6, 6.07) is 14.5. The Morgan fingerprint density at radius 3 is 2.60 bits per heavy atom. The van der Waals surface area contributed by atoms with E-state index < -0.39 is 0 Å². The van der Waals surface area contributed by atoms with E-state index in [4.69, 9.17) is 10.5 Å². The molecule has 134 valence electrons. The first-order valence-electron chi connectivity index (χ1n) is 8.35. The highest BCUT2D eigenvalue weighted by Crippen LogP contribution is 2.20. The smallest absolute Gasteiger partial charge is 0.255 e. The quantitative estimate of drug-likeness (QED) is 0.729. The van der Waals surface area contributed by atoms with Crippen molar-refractivity contribution in [2.24, 2.45) is 0 Å². The fraction of sp³-hybridized carbons (Fsp3) is 0.316. The third-order valence-corrected chi connectivity index (χ3v) is 4.15. The summed E-state index contributed by atoms with van der Waals surface area (Å²) in [5.74, 6) is 0.621. The summed E-state index contributed by atoms with van der Waals surface area (Å²) in [6.07, 6.45) is 3.44. The number of hydrogen-bond donors (Lipinski definition) is 3. The molecule has 5 nitrogen and oxygen atoms in total. The average molecular weight is 362 g/mol. The maximum atomic E-state index is 12.3. The summed E-state index contributed by atoms with van der Waals surface area (Å²) < 4.78 is 6.02. The third kappa shape index (κ3) is 5.37. The van der Waals surface area contributed by atoms with E-state index in [1.165, 1.54) is 0 Å². The molecule has 3 rings (SSSR count). The minimum absolute atomic E-state index is 0. The number of anilines is 2. The third-order valence-electron chi connectivity index (χ3n) is 4.15. The molecule has 1 atom stereocenters. The number of ether oxygens (including phenoxy) is 1. The number of carbonyl (C=O) groups is 1. The molecule has 0 saturated carbocycles. The van der Waals surface area contributed by atoms with E-state index in [-0.39, 0.29) is 24.4 Å². The van der Waals surface area contributed by atoms with E-state index in [0.29, 0.717) is 16.9 Å². The monoisotopic (exact) mass is 361 g/mol. The van der Waals surface area contributed by atoms with Crippen molar-refractivity contribution in [3.8, 4) is 5.75 Å². The molecule has 1 aliphatic rings. The number of halogens is 1. The van der Waals surface area contributed by atoms with Crippen LogP contribution in [0, 0.1) is 0 Å². The molecular weight excluding hydrogens is 338 g/mol. The lowest BCUT2D eigenvalue weighted by Crippen LogP contribution is -2.19. The average Bonchev–Trinajstić information content (AvgIpc) is 2.86. The van der Waals surface area contributed by atoms with E-state index >= 15 is 0 Å². The number of carbonyl (C=O) groups excluding carboxylic acids is 1. The van der Waals surface area contributed by atoms with E-state index in [2.05, 4.69) is 10.6 Å². The van der Waals surface area contributed by atoms with Crippen molar-refractivity contribution in [2.75, 3.05) is 24.1 Å². The summed E-state index contributed by atoms with van der Waals surface area (Å²) in [5.41, 5.74) is 7.59. The molecule has 2 aromatic carbocycles. The van der Waals surface area contributed by atoms with E-state index in [0.717, 1.165) is 38.1 Å². The SMILES string of the molecule is Cl.Nc1ccccc1NC(=O)c1ccc(OC2CCCNCC2)cc1. The summed E-state index contributed by atoms with van der Waals surface area (Å²) in [7, 11) is 0. The first kappa shape index (κ1) is 19.1. The van der Waals surface area contributed by atoms with Gasteiger partial charge in [-0.15, -0.1) is 12.4 Å². The van der Waals surface area contributed by atoms with Gasteiger partial charge in [-0.3, -0.25) is 4.79 Å². The van der Waals surface area contributed by atoms with Crippen molar-refractivity contribution in [3.05, 3.63) is 54.1 Å². The molecule has 0 radical (unpaired) electrons. The van der Waals surface area contributed by atoms with Gasteiger partial charge in [-0.1, -0.05) is 12.1 Å². The Kier molecular flexibility index (Phi) is 7.10. The number of nitrogens with one attached hydrogen (secondary N) is 2. The highest BCUT2D eigenvalue weighted by molar-refractivity contribution is 6.05. The summed E-state index contributed by atoms with van der Waals surface area (Å²) in [5, 5.41) is 6.19. The van der Waals surface area contributed by atoms with Gasteiger partial charge in [0.05, 0.1) is 17.5 Å². The summed E-state index contributed by atoms with van der Waals surface area (Å²) in [6.45, 7) is 2.05. The van der Waals surface area contributed by atoms with E-state index in [1.54, 1.807) is 24.3 Å². The molecule has 1 fully saturated rings. The van der Waals surface area contributed by atoms with Crippen LogP contribution in [0.25, 0.3) is 0 Å². The first-order chi connectivity index (χ1) is 11.7. The van der Waals surface area contributed by atoms with Crippen LogP contribution in [0.4, 0.5) is 11.4 Å². The number of benzene rings is 2.